The Bertz CT molecular complexity index is 224. The third-order valence-electron chi connectivity index (χ3n) is 3.92. The molecule has 0 aliphatic heterocycles. The molecular formula is C10H15N. The van der Waals surface area contributed by atoms with Crippen LogP contribution in [-0.2, 0) is 0 Å². The van der Waals surface area contributed by atoms with E-state index < -0.39 is 0 Å². The van der Waals surface area contributed by atoms with Gasteiger partial charge in [-0.15, -0.1) is 0 Å². The Morgan fingerprint density at radius 3 is 2.36 bits per heavy atom. The fourth-order valence-corrected chi connectivity index (χ4v) is 3.11. The summed E-state index contributed by atoms with van der Waals surface area (Å²) in [4.78, 5) is 0. The van der Waals surface area contributed by atoms with Gasteiger partial charge in [0.1, 0.15) is 0 Å². The molecule has 2 saturated carbocycles. The third-order valence-corrected chi connectivity index (χ3v) is 3.92. The molecule has 11 heavy (non-hydrogen) atoms. The highest BCUT2D eigenvalue weighted by molar-refractivity contribution is 5.16. The number of hydrogen-bond acceptors (Lipinski definition) is 1. The fourth-order valence-electron chi connectivity index (χ4n) is 3.11. The maximum Gasteiger partial charge on any atom is 0.0695 e. The van der Waals surface area contributed by atoms with Crippen LogP contribution in [0.15, 0.2) is 0 Å². The van der Waals surface area contributed by atoms with E-state index >= 15 is 0 Å². The molecule has 2 fully saturated rings. The second-order valence-electron chi connectivity index (χ2n) is 4.89. The van der Waals surface area contributed by atoms with Gasteiger partial charge in [0, 0.05) is 0 Å². The standard InChI is InChI=1S/C10H15N/c1-9(2)5-8-3-4-10(9,6-8)7-11/h8H,3-6H2,1-2H3. The highest BCUT2D eigenvalue weighted by Crippen LogP contribution is 2.63. The van der Waals surface area contributed by atoms with Crippen molar-refractivity contribution in [3.8, 4) is 6.07 Å². The number of nitrogens with zero attached hydrogens (tertiary/aromatic N) is 1. The van der Waals surface area contributed by atoms with E-state index in [9.17, 15) is 0 Å². The molecule has 0 N–H and O–H groups in total. The Morgan fingerprint density at radius 2 is 2.09 bits per heavy atom. The van der Waals surface area contributed by atoms with Crippen molar-refractivity contribution < 1.29 is 0 Å². The summed E-state index contributed by atoms with van der Waals surface area (Å²) in [6.07, 6.45) is 4.91. The van der Waals surface area contributed by atoms with Crippen LogP contribution in [0, 0.1) is 28.1 Å². The van der Waals surface area contributed by atoms with E-state index in [0.717, 1.165) is 12.3 Å². The molecule has 2 aliphatic rings. The molecule has 1 nitrogen and oxygen atoms in total. The number of rotatable bonds is 0. The molecule has 1 heteroatoms. The Balaban J connectivity index is 2.38. The van der Waals surface area contributed by atoms with Gasteiger partial charge in [0.25, 0.3) is 0 Å². The topological polar surface area (TPSA) is 23.8 Å². The minimum atomic E-state index is 0.0532. The second kappa shape index (κ2) is 1.80. The van der Waals surface area contributed by atoms with Crippen molar-refractivity contribution in [2.45, 2.75) is 39.5 Å². The van der Waals surface area contributed by atoms with Crippen LogP contribution >= 0.6 is 0 Å². The Morgan fingerprint density at radius 1 is 1.36 bits per heavy atom. The molecule has 2 aliphatic carbocycles. The van der Waals surface area contributed by atoms with E-state index in [-0.39, 0.29) is 5.41 Å². The van der Waals surface area contributed by atoms with Crippen molar-refractivity contribution >= 4 is 0 Å². The molecule has 0 amide bonds. The van der Waals surface area contributed by atoms with E-state index in [2.05, 4.69) is 19.9 Å². The van der Waals surface area contributed by atoms with Gasteiger partial charge in [0.05, 0.1) is 11.5 Å². The van der Waals surface area contributed by atoms with Crippen LogP contribution < -0.4 is 0 Å². The van der Waals surface area contributed by atoms with Gasteiger partial charge in [-0.2, -0.15) is 5.26 Å². The molecule has 0 heterocycles. The van der Waals surface area contributed by atoms with Gasteiger partial charge < -0.3 is 0 Å². The van der Waals surface area contributed by atoms with Gasteiger partial charge >= 0.3 is 0 Å². The van der Waals surface area contributed by atoms with Gasteiger partial charge in [-0.05, 0) is 37.0 Å². The zero-order valence-corrected chi connectivity index (χ0v) is 7.35. The van der Waals surface area contributed by atoms with E-state index in [1.54, 1.807) is 0 Å². The molecule has 2 rings (SSSR count). The lowest BCUT2D eigenvalue weighted by Crippen LogP contribution is -2.31. The van der Waals surface area contributed by atoms with Gasteiger partial charge in [0.2, 0.25) is 0 Å². The number of hydrogen-bond donors (Lipinski definition) is 0. The Kier molecular flexibility index (Phi) is 1.17. The van der Waals surface area contributed by atoms with Crippen LogP contribution in [-0.4, -0.2) is 0 Å². The highest BCUT2D eigenvalue weighted by Gasteiger charge is 2.57. The number of fused-ring (bicyclic) bond motifs is 2. The van der Waals surface area contributed by atoms with Crippen molar-refractivity contribution in [2.75, 3.05) is 0 Å². The Labute approximate surface area is 68.4 Å². The molecule has 60 valence electrons. The monoisotopic (exact) mass is 149 g/mol. The summed E-state index contributed by atoms with van der Waals surface area (Å²) in [7, 11) is 0. The largest absolute Gasteiger partial charge is 0.198 e. The first-order valence-electron chi connectivity index (χ1n) is 4.51. The molecule has 0 aromatic heterocycles. The van der Waals surface area contributed by atoms with Crippen molar-refractivity contribution in [1.82, 2.24) is 0 Å². The average molecular weight is 149 g/mol. The van der Waals surface area contributed by atoms with Crippen molar-refractivity contribution in [2.24, 2.45) is 16.7 Å². The minimum Gasteiger partial charge on any atom is -0.198 e. The van der Waals surface area contributed by atoms with Crippen molar-refractivity contribution in [3.63, 3.8) is 0 Å². The predicted molar refractivity (Wildman–Crippen MR) is 43.8 cm³/mol. The van der Waals surface area contributed by atoms with Crippen LogP contribution in [0.4, 0.5) is 0 Å². The SMILES string of the molecule is CC1(C)CC2CCC1(C#N)C2. The summed E-state index contributed by atoms with van der Waals surface area (Å²) in [5.74, 6) is 0.865. The van der Waals surface area contributed by atoms with Gasteiger partial charge in [-0.1, -0.05) is 13.8 Å². The molecule has 0 saturated heterocycles. The van der Waals surface area contributed by atoms with Crippen LogP contribution in [0.2, 0.25) is 0 Å². The normalized spacial score (nSPS) is 45.7. The first-order chi connectivity index (χ1) is 5.10. The maximum absolute atomic E-state index is 9.13. The first kappa shape index (κ1) is 7.16. The molecular weight excluding hydrogens is 134 g/mol. The smallest absolute Gasteiger partial charge is 0.0695 e. The molecule has 0 radical (unpaired) electrons. The van der Waals surface area contributed by atoms with E-state index in [1.165, 1.54) is 19.3 Å². The Hall–Kier alpha value is -0.510. The summed E-state index contributed by atoms with van der Waals surface area (Å²) >= 11 is 0. The van der Waals surface area contributed by atoms with Crippen molar-refractivity contribution in [1.29, 1.82) is 5.26 Å². The molecule has 2 unspecified atom stereocenters. The summed E-state index contributed by atoms with van der Waals surface area (Å²) in [5, 5.41) is 9.13. The van der Waals surface area contributed by atoms with Crippen LogP contribution in [0.5, 0.6) is 0 Å². The fraction of sp³-hybridized carbons (Fsp3) is 0.900. The van der Waals surface area contributed by atoms with E-state index in [4.69, 9.17) is 5.26 Å². The predicted octanol–water partition coefficient (Wildman–Crippen LogP) is 2.73. The molecule has 2 bridgehead atoms. The minimum absolute atomic E-state index is 0.0532. The molecule has 0 aromatic carbocycles. The summed E-state index contributed by atoms with van der Waals surface area (Å²) < 4.78 is 0. The lowest BCUT2D eigenvalue weighted by atomic mass is 9.66. The van der Waals surface area contributed by atoms with Gasteiger partial charge in [-0.25, -0.2) is 0 Å². The zero-order chi connectivity index (χ0) is 8.11. The van der Waals surface area contributed by atoms with Gasteiger partial charge in [0.15, 0.2) is 0 Å². The highest BCUT2D eigenvalue weighted by atomic mass is 14.6. The van der Waals surface area contributed by atoms with Gasteiger partial charge in [-0.3, -0.25) is 0 Å². The van der Waals surface area contributed by atoms with Crippen LogP contribution in [0.25, 0.3) is 0 Å². The second-order valence-corrected chi connectivity index (χ2v) is 4.89. The third kappa shape index (κ3) is 0.704. The lowest BCUT2D eigenvalue weighted by molar-refractivity contribution is 0.151. The van der Waals surface area contributed by atoms with Crippen molar-refractivity contribution in [3.05, 3.63) is 0 Å². The number of nitriles is 1. The zero-order valence-electron chi connectivity index (χ0n) is 7.35. The van der Waals surface area contributed by atoms with Crippen LogP contribution in [0.1, 0.15) is 39.5 Å². The summed E-state index contributed by atoms with van der Waals surface area (Å²) in [5.41, 5.74) is 0.350. The molecule has 0 aromatic rings. The van der Waals surface area contributed by atoms with E-state index in [1.807, 2.05) is 0 Å². The summed E-state index contributed by atoms with van der Waals surface area (Å²) in [6, 6.07) is 2.56. The summed E-state index contributed by atoms with van der Waals surface area (Å²) in [6.45, 7) is 4.52. The van der Waals surface area contributed by atoms with E-state index in [0.29, 0.717) is 5.41 Å². The first-order valence-corrected chi connectivity index (χ1v) is 4.51. The maximum atomic E-state index is 9.13. The molecule has 2 atom stereocenters. The lowest BCUT2D eigenvalue weighted by Gasteiger charge is -2.36. The quantitative estimate of drug-likeness (QED) is 0.519. The molecule has 0 spiro atoms. The average Bonchev–Trinajstić information content (AvgIpc) is 2.41. The van der Waals surface area contributed by atoms with Crippen LogP contribution in [0.3, 0.4) is 0 Å².